The Labute approximate surface area is 351 Å². The molecule has 0 saturated heterocycles. The molecule has 2 atom stereocenters. The quantitative estimate of drug-likeness (QED) is 0.0145. The summed E-state index contributed by atoms with van der Waals surface area (Å²) in [5.41, 5.74) is 3.05. The van der Waals surface area contributed by atoms with E-state index in [1.807, 2.05) is 43.4 Å². The Morgan fingerprint density at radius 3 is 2.46 bits per heavy atom. The summed E-state index contributed by atoms with van der Waals surface area (Å²) in [7, 11) is -2.80. The fourth-order valence-electron chi connectivity index (χ4n) is 4.82. The van der Waals surface area contributed by atoms with Gasteiger partial charge in [-0.05, 0) is 59.9 Å². The van der Waals surface area contributed by atoms with Crippen molar-refractivity contribution in [1.29, 1.82) is 5.26 Å². The number of rotatable bonds is 27. The number of likely N-dealkylation sites (N-methyl/N-ethyl adjacent to an activating group) is 1. The summed E-state index contributed by atoms with van der Waals surface area (Å²) in [6.07, 6.45) is 0.935. The normalized spacial score (nSPS) is 12.7. The van der Waals surface area contributed by atoms with Crippen LogP contribution in [0.15, 0.2) is 48.3 Å². The van der Waals surface area contributed by atoms with E-state index in [1.165, 1.54) is 0 Å². The summed E-state index contributed by atoms with van der Waals surface area (Å²) >= 11 is 0. The zero-order valence-electron chi connectivity index (χ0n) is 31.9. The van der Waals surface area contributed by atoms with Crippen molar-refractivity contribution in [3.05, 3.63) is 71.0 Å². The van der Waals surface area contributed by atoms with Crippen molar-refractivity contribution in [2.24, 2.45) is 0 Å². The molecule has 0 aliphatic rings. The second-order valence-corrected chi connectivity index (χ2v) is 13.3. The average Bonchev–Trinajstić information content (AvgIpc) is 3.66. The van der Waals surface area contributed by atoms with Gasteiger partial charge < -0.3 is 42.5 Å². The molecule has 0 aliphatic heterocycles. The first-order valence-corrected chi connectivity index (χ1v) is 18.7. The second-order valence-electron chi connectivity index (χ2n) is 11.9. The topological polar surface area (TPSA) is 235 Å². The largest absolute Gasteiger partial charge is 1.00 e. The van der Waals surface area contributed by atoms with Crippen molar-refractivity contribution in [1.82, 2.24) is 15.0 Å². The van der Waals surface area contributed by atoms with E-state index in [-0.39, 0.29) is 100 Å². The third kappa shape index (κ3) is 18.0. The summed E-state index contributed by atoms with van der Waals surface area (Å²) in [6.45, 7) is 9.12. The van der Waals surface area contributed by atoms with Crippen molar-refractivity contribution in [2.45, 2.75) is 51.9 Å². The van der Waals surface area contributed by atoms with E-state index in [4.69, 9.17) is 20.8 Å². The van der Waals surface area contributed by atoms with Gasteiger partial charge in [0.2, 0.25) is 0 Å². The van der Waals surface area contributed by atoms with Crippen LogP contribution < -0.4 is 39.4 Å². The van der Waals surface area contributed by atoms with Crippen LogP contribution >= 0.6 is 7.82 Å². The number of nitrogens with zero attached hydrogens (tertiary/aromatic N) is 6. The van der Waals surface area contributed by atoms with Gasteiger partial charge >= 0.3 is 41.5 Å². The summed E-state index contributed by atoms with van der Waals surface area (Å²) in [6, 6.07) is 13.8. The zero-order chi connectivity index (χ0) is 40.8. The van der Waals surface area contributed by atoms with Gasteiger partial charge in [-0.3, -0.25) is 28.4 Å². The molecule has 57 heavy (non-hydrogen) atoms. The number of fused-ring (bicyclic) bond motifs is 1. The number of aromatic nitrogens is 3. The first-order valence-electron chi connectivity index (χ1n) is 17.2. The number of benzene rings is 2. The number of nitriles is 1. The van der Waals surface area contributed by atoms with Crippen molar-refractivity contribution in [3.8, 4) is 6.07 Å². The Kier molecular flexibility index (Phi) is 22.3. The molecule has 0 amide bonds. The Hall–Kier alpha value is -4.69. The number of allylic oxidation sites excluding steroid dienone is 2. The molecule has 0 radical (unpaired) electrons. The van der Waals surface area contributed by atoms with Crippen molar-refractivity contribution in [3.63, 3.8) is 0 Å². The molecule has 0 saturated carbocycles. The molecule has 21 heteroatoms. The molecule has 300 valence electrons. The maximum absolute atomic E-state index is 12.2. The van der Waals surface area contributed by atoms with E-state index in [2.05, 4.69) is 44.6 Å². The minimum atomic E-state index is -4.77. The van der Waals surface area contributed by atoms with E-state index < -0.39 is 39.1 Å². The first-order chi connectivity index (χ1) is 27.0. The molecule has 3 rings (SSSR count). The molecule has 3 aromatic rings. The second kappa shape index (κ2) is 26.3. The number of phosphoric ester groups is 1. The van der Waals surface area contributed by atoms with Gasteiger partial charge in [-0.2, -0.15) is 0 Å². The van der Waals surface area contributed by atoms with Crippen molar-refractivity contribution >= 4 is 54.7 Å². The molecule has 2 aromatic carbocycles. The van der Waals surface area contributed by atoms with Crippen LogP contribution in [0.4, 0.5) is 5.69 Å². The van der Waals surface area contributed by atoms with E-state index >= 15 is 0 Å². The van der Waals surface area contributed by atoms with Gasteiger partial charge in [0.25, 0.3) is 26.5 Å². The van der Waals surface area contributed by atoms with E-state index in [1.54, 1.807) is 17.8 Å². The van der Waals surface area contributed by atoms with Crippen molar-refractivity contribution in [2.75, 3.05) is 58.1 Å². The molecule has 19 nitrogen and oxygen atoms in total. The van der Waals surface area contributed by atoms with Gasteiger partial charge in [0.05, 0.1) is 45.2 Å². The summed E-state index contributed by atoms with van der Waals surface area (Å²) in [4.78, 5) is 61.8. The number of anilines is 1. The van der Waals surface area contributed by atoms with Crippen LogP contribution in [0.2, 0.25) is 0 Å². The molecular formula is C36H42N6NaO13P. The molecule has 0 bridgehead atoms. The number of ether oxygens (including phenoxy) is 5. The van der Waals surface area contributed by atoms with Gasteiger partial charge in [0, 0.05) is 38.7 Å². The minimum absolute atomic E-state index is 0. The Bertz CT molecular complexity index is 1930. The average molecular weight is 821 g/mol. The third-order valence-electron chi connectivity index (χ3n) is 7.85. The Balaban J connectivity index is 0.0000112. The van der Waals surface area contributed by atoms with E-state index in [0.717, 1.165) is 22.0 Å². The summed E-state index contributed by atoms with van der Waals surface area (Å²) in [5, 5.41) is 19.4. The van der Waals surface area contributed by atoms with Gasteiger partial charge in [0.1, 0.15) is 25.5 Å². The minimum Gasteiger partial charge on any atom is -0.756 e. The molecule has 0 spiro atoms. The van der Waals surface area contributed by atoms with Gasteiger partial charge in [-0.15, -0.1) is 5.10 Å². The van der Waals surface area contributed by atoms with Crippen LogP contribution in [-0.4, -0.2) is 99.2 Å². The fraction of sp³-hybridized carbons (Fsp3) is 0.444. The molecule has 0 fully saturated rings. The maximum atomic E-state index is 12.2. The Morgan fingerprint density at radius 1 is 1.02 bits per heavy atom. The van der Waals surface area contributed by atoms with E-state index in [0.29, 0.717) is 30.8 Å². The molecule has 2 unspecified atom stereocenters. The van der Waals surface area contributed by atoms with Crippen LogP contribution in [0.1, 0.15) is 43.9 Å². The zero-order valence-corrected chi connectivity index (χ0v) is 34.8. The van der Waals surface area contributed by atoms with Crippen LogP contribution in [0.25, 0.3) is 21.2 Å². The first kappa shape index (κ1) is 48.5. The monoisotopic (exact) mass is 820 g/mol. The SMILES string of the molecule is [C-]#[N+]/C(C#N)=C(/C)c1ccc2cc(N(C)CCn3cc(COC(=O)CCCOCCOC(=O)CCCOP(=O)([O-])OCC(COC=O)OC=O)nn3)ccc2c1.[Na+]. The summed E-state index contributed by atoms with van der Waals surface area (Å²) < 4.78 is 47.3. The van der Waals surface area contributed by atoms with Crippen LogP contribution in [0, 0.1) is 17.9 Å². The van der Waals surface area contributed by atoms with E-state index in [9.17, 15) is 33.9 Å². The predicted molar refractivity (Wildman–Crippen MR) is 195 cm³/mol. The smallest absolute Gasteiger partial charge is 0.756 e. The predicted octanol–water partition coefficient (Wildman–Crippen LogP) is 0.125. The number of esters is 2. The molecule has 1 aromatic heterocycles. The van der Waals surface area contributed by atoms with Crippen LogP contribution in [-0.2, 0) is 69.6 Å². The van der Waals surface area contributed by atoms with Crippen LogP contribution in [0.5, 0.6) is 0 Å². The van der Waals surface area contributed by atoms with Crippen LogP contribution in [0.3, 0.4) is 0 Å². The van der Waals surface area contributed by atoms with Gasteiger partial charge in [0.15, 0.2) is 6.10 Å². The fourth-order valence-corrected chi connectivity index (χ4v) is 5.60. The molecule has 1 heterocycles. The number of carbonyl (C=O) groups excluding carboxylic acids is 4. The van der Waals surface area contributed by atoms with Crippen molar-refractivity contribution < 1.29 is 90.9 Å². The van der Waals surface area contributed by atoms with Gasteiger partial charge in [-0.25, -0.2) is 10.1 Å². The number of hydrogen-bond acceptors (Lipinski definition) is 17. The standard InChI is InChI=1S/C36H43N6O13P.Na/c1-27(34(20-37)38-2)28-8-9-30-19-32(11-10-29(30)18-28)41(3)12-13-42-21-31(39-40-42)22-52-36(46)6-4-14-49-16-17-51-35(45)7-5-15-54-56(47,48)55-24-33(53-26-44)23-50-25-43;/h8-11,18-19,21,25-26,33H,4-7,12-17,22-24H2,1,3H3,(H,47,48);/q;+1/p-1/b34-27-;. The Morgan fingerprint density at radius 2 is 1.74 bits per heavy atom. The third-order valence-corrected chi connectivity index (χ3v) is 8.82. The number of carbonyl (C=O) groups is 4. The van der Waals surface area contributed by atoms with Gasteiger partial charge in [-0.1, -0.05) is 23.4 Å². The number of hydrogen-bond donors (Lipinski definition) is 0. The number of phosphoric acid groups is 1. The summed E-state index contributed by atoms with van der Waals surface area (Å²) in [5.74, 6) is -1.03. The molecular weight excluding hydrogens is 778 g/mol. The molecule has 0 aliphatic carbocycles. The maximum Gasteiger partial charge on any atom is 1.00 e. The molecule has 0 N–H and O–H groups in total.